The SMILES string of the molecule is CC(C)(C)C[C@@H]1C[C@@H](C(=O)NC2CC(C)(O)C2)[C@H](c2cccc(Cl)c2F)[C@]12C(=O)Nc1cc(Cl)ccc12. The molecule has 0 aromatic heterocycles. The summed E-state index contributed by atoms with van der Waals surface area (Å²) in [6.07, 6.45) is 1.99. The molecule has 0 unspecified atom stereocenters. The molecule has 5 nitrogen and oxygen atoms in total. The minimum absolute atomic E-state index is 0.0455. The van der Waals surface area contributed by atoms with Gasteiger partial charge in [0.05, 0.1) is 16.0 Å². The van der Waals surface area contributed by atoms with Crippen LogP contribution in [0.4, 0.5) is 10.1 Å². The molecule has 37 heavy (non-hydrogen) atoms. The van der Waals surface area contributed by atoms with E-state index >= 15 is 4.39 Å². The predicted octanol–water partition coefficient (Wildman–Crippen LogP) is 6.21. The summed E-state index contributed by atoms with van der Waals surface area (Å²) in [4.78, 5) is 28.0. The highest BCUT2D eigenvalue weighted by atomic mass is 35.5. The fourth-order valence-corrected chi connectivity index (χ4v) is 7.47. The lowest BCUT2D eigenvalue weighted by Crippen LogP contribution is -2.55. The van der Waals surface area contributed by atoms with Gasteiger partial charge in [-0.05, 0) is 73.3 Å². The van der Waals surface area contributed by atoms with Crippen molar-refractivity contribution in [1.82, 2.24) is 5.32 Å². The molecule has 1 aliphatic heterocycles. The number of aliphatic hydroxyl groups is 1. The standard InChI is InChI=1S/C29H33Cl2FN2O3/c1-27(2,3)12-15-10-19(25(35)33-17-13-28(4,37)14-17)23(18-6-5-7-21(31)24(18)32)29(15)20-9-8-16(30)11-22(20)34-26(29)36/h5-9,11,15,17,19,23,37H,10,12-14H2,1-4H3,(H,33,35)(H,34,36)/t15-,17?,19+,23-,28?,29-/m0/s1. The van der Waals surface area contributed by atoms with Crippen LogP contribution in [-0.4, -0.2) is 28.6 Å². The van der Waals surface area contributed by atoms with Crippen LogP contribution in [0.2, 0.25) is 10.0 Å². The minimum atomic E-state index is -1.17. The van der Waals surface area contributed by atoms with Crippen molar-refractivity contribution in [1.29, 1.82) is 0 Å². The van der Waals surface area contributed by atoms with Crippen LogP contribution in [0.1, 0.15) is 70.4 Å². The Kier molecular flexibility index (Phi) is 6.41. The molecule has 3 N–H and O–H groups in total. The topological polar surface area (TPSA) is 78.4 Å². The van der Waals surface area contributed by atoms with Gasteiger partial charge in [0, 0.05) is 28.6 Å². The monoisotopic (exact) mass is 546 g/mol. The molecule has 2 aromatic carbocycles. The zero-order chi connectivity index (χ0) is 26.9. The van der Waals surface area contributed by atoms with E-state index in [1.54, 1.807) is 31.2 Å². The van der Waals surface area contributed by atoms with E-state index in [2.05, 4.69) is 31.4 Å². The molecule has 0 radical (unpaired) electrons. The van der Waals surface area contributed by atoms with Gasteiger partial charge in [0.15, 0.2) is 0 Å². The van der Waals surface area contributed by atoms with E-state index in [1.807, 2.05) is 6.07 Å². The average molecular weight is 547 g/mol. The Balaban J connectivity index is 1.69. The van der Waals surface area contributed by atoms with E-state index in [9.17, 15) is 14.7 Å². The first-order valence-corrected chi connectivity index (χ1v) is 13.6. The summed E-state index contributed by atoms with van der Waals surface area (Å²) in [7, 11) is 0. The molecule has 8 heteroatoms. The van der Waals surface area contributed by atoms with Crippen LogP contribution in [0.5, 0.6) is 0 Å². The van der Waals surface area contributed by atoms with E-state index in [-0.39, 0.29) is 39.8 Å². The Labute approximate surface area is 227 Å². The molecular formula is C29H33Cl2FN2O3. The Morgan fingerprint density at radius 3 is 2.57 bits per heavy atom. The summed E-state index contributed by atoms with van der Waals surface area (Å²) in [5.41, 5.74) is -0.523. The molecule has 2 saturated carbocycles. The predicted molar refractivity (Wildman–Crippen MR) is 143 cm³/mol. The van der Waals surface area contributed by atoms with Crippen molar-refractivity contribution in [3.05, 3.63) is 63.4 Å². The summed E-state index contributed by atoms with van der Waals surface area (Å²) < 4.78 is 15.8. The maximum absolute atomic E-state index is 15.8. The zero-order valence-corrected chi connectivity index (χ0v) is 23.0. The van der Waals surface area contributed by atoms with Gasteiger partial charge in [0.1, 0.15) is 5.82 Å². The highest BCUT2D eigenvalue weighted by molar-refractivity contribution is 6.31. The van der Waals surface area contributed by atoms with Crippen LogP contribution < -0.4 is 10.6 Å². The van der Waals surface area contributed by atoms with Crippen molar-refractivity contribution in [3.8, 4) is 0 Å². The van der Waals surface area contributed by atoms with E-state index < -0.39 is 28.7 Å². The normalized spacial score (nSPS) is 32.7. The van der Waals surface area contributed by atoms with Crippen LogP contribution >= 0.6 is 23.2 Å². The summed E-state index contributed by atoms with van der Waals surface area (Å²) >= 11 is 12.5. The van der Waals surface area contributed by atoms with Gasteiger partial charge >= 0.3 is 0 Å². The van der Waals surface area contributed by atoms with E-state index in [0.29, 0.717) is 36.4 Å². The Bertz CT molecular complexity index is 1270. The Morgan fingerprint density at radius 1 is 1.22 bits per heavy atom. The largest absolute Gasteiger partial charge is 0.390 e. The Hall–Kier alpha value is -2.15. The van der Waals surface area contributed by atoms with Crippen molar-refractivity contribution < 1.29 is 19.1 Å². The number of fused-ring (bicyclic) bond motifs is 2. The van der Waals surface area contributed by atoms with Gasteiger partial charge in [0.25, 0.3) is 0 Å². The number of amides is 2. The number of hydrogen-bond donors (Lipinski definition) is 3. The number of benzene rings is 2. The minimum Gasteiger partial charge on any atom is -0.390 e. The summed E-state index contributed by atoms with van der Waals surface area (Å²) in [5, 5.41) is 16.7. The first-order chi connectivity index (χ1) is 17.2. The first-order valence-electron chi connectivity index (χ1n) is 12.8. The molecule has 1 heterocycles. The third-order valence-corrected chi connectivity index (χ3v) is 8.88. The highest BCUT2D eigenvalue weighted by Gasteiger charge is 2.66. The number of carbonyl (C=O) groups is 2. The molecule has 198 valence electrons. The van der Waals surface area contributed by atoms with Gasteiger partial charge < -0.3 is 15.7 Å². The molecule has 5 rings (SSSR count). The average Bonchev–Trinajstić information content (AvgIpc) is 3.23. The highest BCUT2D eigenvalue weighted by Crippen LogP contribution is 2.64. The van der Waals surface area contributed by atoms with Crippen LogP contribution in [0, 0.1) is 23.1 Å². The van der Waals surface area contributed by atoms with Crippen LogP contribution in [-0.2, 0) is 15.0 Å². The zero-order valence-electron chi connectivity index (χ0n) is 21.5. The second-order valence-electron chi connectivity index (χ2n) is 12.5. The molecule has 2 fully saturated rings. The fourth-order valence-electron chi connectivity index (χ4n) is 7.12. The number of anilines is 1. The lowest BCUT2D eigenvalue weighted by Gasteiger charge is -2.42. The van der Waals surface area contributed by atoms with Gasteiger partial charge in [0.2, 0.25) is 11.8 Å². The van der Waals surface area contributed by atoms with Crippen LogP contribution in [0.3, 0.4) is 0 Å². The van der Waals surface area contributed by atoms with Gasteiger partial charge in [-0.3, -0.25) is 9.59 Å². The van der Waals surface area contributed by atoms with Gasteiger partial charge in [-0.1, -0.05) is 62.2 Å². The first kappa shape index (κ1) is 26.5. The number of carbonyl (C=O) groups excluding carboxylic acids is 2. The smallest absolute Gasteiger partial charge is 0.236 e. The van der Waals surface area contributed by atoms with Crippen molar-refractivity contribution >= 4 is 40.7 Å². The number of rotatable bonds is 4. The number of halogens is 3. The maximum Gasteiger partial charge on any atom is 0.236 e. The molecule has 2 amide bonds. The van der Waals surface area contributed by atoms with Crippen LogP contribution in [0.15, 0.2) is 36.4 Å². The molecule has 2 aliphatic carbocycles. The lowest BCUT2D eigenvalue weighted by molar-refractivity contribution is -0.129. The van der Waals surface area contributed by atoms with Gasteiger partial charge in [-0.25, -0.2) is 4.39 Å². The fraction of sp³-hybridized carbons (Fsp3) is 0.517. The molecule has 0 bridgehead atoms. The van der Waals surface area contributed by atoms with Gasteiger partial charge in [-0.2, -0.15) is 0 Å². The van der Waals surface area contributed by atoms with Gasteiger partial charge in [-0.15, -0.1) is 0 Å². The van der Waals surface area contributed by atoms with E-state index in [4.69, 9.17) is 23.2 Å². The molecule has 0 saturated heterocycles. The summed E-state index contributed by atoms with van der Waals surface area (Å²) in [6, 6.07) is 9.92. The Morgan fingerprint density at radius 2 is 1.92 bits per heavy atom. The number of hydrogen-bond acceptors (Lipinski definition) is 3. The van der Waals surface area contributed by atoms with Crippen molar-refractivity contribution in [2.45, 2.75) is 76.4 Å². The molecule has 4 atom stereocenters. The van der Waals surface area contributed by atoms with Crippen LogP contribution in [0.25, 0.3) is 0 Å². The third-order valence-electron chi connectivity index (χ3n) is 8.36. The lowest BCUT2D eigenvalue weighted by atomic mass is 9.62. The van der Waals surface area contributed by atoms with E-state index in [0.717, 1.165) is 5.56 Å². The second-order valence-corrected chi connectivity index (χ2v) is 13.4. The molecule has 1 spiro atoms. The van der Waals surface area contributed by atoms with Crippen molar-refractivity contribution in [2.75, 3.05) is 5.32 Å². The molecule has 3 aliphatic rings. The van der Waals surface area contributed by atoms with E-state index in [1.165, 1.54) is 6.07 Å². The number of nitrogens with one attached hydrogen (secondary N) is 2. The maximum atomic E-state index is 15.8. The molecule has 2 aromatic rings. The second kappa shape index (κ2) is 8.96. The third kappa shape index (κ3) is 4.45. The van der Waals surface area contributed by atoms with Crippen molar-refractivity contribution in [3.63, 3.8) is 0 Å². The molecular weight excluding hydrogens is 514 g/mol. The quantitative estimate of drug-likeness (QED) is 0.426. The summed E-state index contributed by atoms with van der Waals surface area (Å²) in [5.74, 6) is -2.76. The van der Waals surface area contributed by atoms with Crippen molar-refractivity contribution in [2.24, 2.45) is 17.3 Å². The summed E-state index contributed by atoms with van der Waals surface area (Å²) in [6.45, 7) is 8.06.